The molecule has 1 aromatic rings. The molecule has 0 radical (unpaired) electrons. The molecule has 1 aliphatic rings. The van der Waals surface area contributed by atoms with E-state index in [2.05, 4.69) is 0 Å². The highest BCUT2D eigenvalue weighted by atomic mass is 16.5. The lowest BCUT2D eigenvalue weighted by atomic mass is 10.0. The molecule has 5 nitrogen and oxygen atoms in total. The molecule has 0 unspecified atom stereocenters. The standard InChI is InChI=1S/C13H18N2O3/c1-18-13(17)10-3-2-4-11(14)12(10)15-7-5-9(16)6-8-15/h2-4,9,16H,5-8,14H2,1H3. The predicted molar refractivity (Wildman–Crippen MR) is 69.6 cm³/mol. The Bertz CT molecular complexity index is 440. The quantitative estimate of drug-likeness (QED) is 0.605. The van der Waals surface area contributed by atoms with Crippen LogP contribution in [0, 0.1) is 0 Å². The van der Waals surface area contributed by atoms with Gasteiger partial charge in [0.05, 0.1) is 30.2 Å². The molecule has 2 rings (SSSR count). The van der Waals surface area contributed by atoms with Crippen molar-refractivity contribution >= 4 is 17.3 Å². The number of aliphatic hydroxyl groups is 1. The highest BCUT2D eigenvalue weighted by molar-refractivity contribution is 5.99. The predicted octanol–water partition coefficient (Wildman–Crippen LogP) is 1.02. The van der Waals surface area contributed by atoms with Crippen LogP contribution in [0.15, 0.2) is 18.2 Å². The van der Waals surface area contributed by atoms with Crippen molar-refractivity contribution in [1.29, 1.82) is 0 Å². The van der Waals surface area contributed by atoms with Crippen LogP contribution in [0.3, 0.4) is 0 Å². The number of nitrogens with zero attached hydrogens (tertiary/aromatic N) is 1. The Morgan fingerprint density at radius 2 is 2.11 bits per heavy atom. The summed E-state index contributed by atoms with van der Waals surface area (Å²) in [5, 5.41) is 9.52. The number of hydrogen-bond donors (Lipinski definition) is 2. The van der Waals surface area contributed by atoms with Crippen molar-refractivity contribution in [3.05, 3.63) is 23.8 Å². The zero-order chi connectivity index (χ0) is 13.1. The largest absolute Gasteiger partial charge is 0.465 e. The second-order valence-electron chi connectivity index (χ2n) is 4.45. The SMILES string of the molecule is COC(=O)c1cccc(N)c1N1CCC(O)CC1. The van der Waals surface area contributed by atoms with Crippen LogP contribution in [-0.4, -0.2) is 37.4 Å². The van der Waals surface area contributed by atoms with Crippen LogP contribution in [-0.2, 0) is 4.74 Å². The van der Waals surface area contributed by atoms with Crippen LogP contribution in [0.5, 0.6) is 0 Å². The molecule has 1 saturated heterocycles. The molecule has 1 fully saturated rings. The van der Waals surface area contributed by atoms with E-state index in [1.54, 1.807) is 18.2 Å². The number of rotatable bonds is 2. The average Bonchev–Trinajstić information content (AvgIpc) is 2.39. The molecule has 0 aliphatic carbocycles. The maximum atomic E-state index is 11.7. The molecule has 0 aromatic heterocycles. The number of para-hydroxylation sites is 1. The number of nitrogens with two attached hydrogens (primary N) is 1. The van der Waals surface area contributed by atoms with Crippen LogP contribution in [0.2, 0.25) is 0 Å². The molecule has 0 atom stereocenters. The number of piperidine rings is 1. The number of anilines is 2. The fraction of sp³-hybridized carbons (Fsp3) is 0.462. The van der Waals surface area contributed by atoms with Crippen molar-refractivity contribution in [3.63, 3.8) is 0 Å². The molecular formula is C13H18N2O3. The summed E-state index contributed by atoms with van der Waals surface area (Å²) in [5.41, 5.74) is 7.73. The van der Waals surface area contributed by atoms with Crippen molar-refractivity contribution in [2.45, 2.75) is 18.9 Å². The van der Waals surface area contributed by atoms with Gasteiger partial charge in [-0.05, 0) is 25.0 Å². The zero-order valence-electron chi connectivity index (χ0n) is 10.4. The molecule has 0 bridgehead atoms. The number of esters is 1. The van der Waals surface area contributed by atoms with Gasteiger partial charge < -0.3 is 20.5 Å². The summed E-state index contributed by atoms with van der Waals surface area (Å²) in [6.07, 6.45) is 1.12. The van der Waals surface area contributed by atoms with E-state index >= 15 is 0 Å². The first-order valence-electron chi connectivity index (χ1n) is 6.03. The monoisotopic (exact) mass is 250 g/mol. The van der Waals surface area contributed by atoms with Crippen LogP contribution < -0.4 is 10.6 Å². The third-order valence-electron chi connectivity index (χ3n) is 3.25. The summed E-state index contributed by atoms with van der Waals surface area (Å²) >= 11 is 0. The first kappa shape index (κ1) is 12.7. The summed E-state index contributed by atoms with van der Waals surface area (Å²) in [4.78, 5) is 13.8. The summed E-state index contributed by atoms with van der Waals surface area (Å²) in [6.45, 7) is 1.39. The molecule has 0 spiro atoms. The summed E-state index contributed by atoms with van der Waals surface area (Å²) in [6, 6.07) is 5.22. The Morgan fingerprint density at radius 3 is 2.72 bits per heavy atom. The van der Waals surface area contributed by atoms with E-state index in [1.165, 1.54) is 7.11 Å². The van der Waals surface area contributed by atoms with Crippen molar-refractivity contribution < 1.29 is 14.6 Å². The van der Waals surface area contributed by atoms with Gasteiger partial charge in [-0.1, -0.05) is 6.07 Å². The Morgan fingerprint density at radius 1 is 1.44 bits per heavy atom. The lowest BCUT2D eigenvalue weighted by Gasteiger charge is -2.33. The Balaban J connectivity index is 2.33. The molecule has 18 heavy (non-hydrogen) atoms. The second kappa shape index (κ2) is 5.27. The second-order valence-corrected chi connectivity index (χ2v) is 4.45. The molecule has 1 heterocycles. The first-order valence-corrected chi connectivity index (χ1v) is 6.03. The molecular weight excluding hydrogens is 232 g/mol. The Hall–Kier alpha value is -1.75. The Labute approximate surface area is 106 Å². The molecule has 3 N–H and O–H groups in total. The molecule has 0 saturated carbocycles. The van der Waals surface area contributed by atoms with E-state index in [1.807, 2.05) is 4.90 Å². The molecule has 1 aliphatic heterocycles. The lowest BCUT2D eigenvalue weighted by Crippen LogP contribution is -2.37. The maximum Gasteiger partial charge on any atom is 0.340 e. The Kier molecular flexibility index (Phi) is 3.72. The number of hydrogen-bond acceptors (Lipinski definition) is 5. The van der Waals surface area contributed by atoms with Crippen LogP contribution >= 0.6 is 0 Å². The summed E-state index contributed by atoms with van der Waals surface area (Å²) < 4.78 is 4.77. The number of ether oxygens (including phenoxy) is 1. The van der Waals surface area contributed by atoms with Gasteiger partial charge >= 0.3 is 5.97 Å². The average molecular weight is 250 g/mol. The van der Waals surface area contributed by atoms with Crippen LogP contribution in [0.25, 0.3) is 0 Å². The number of carbonyl (C=O) groups is 1. The number of aliphatic hydroxyl groups excluding tert-OH is 1. The number of carbonyl (C=O) groups excluding carboxylic acids is 1. The third kappa shape index (κ3) is 2.41. The first-order chi connectivity index (χ1) is 8.63. The minimum absolute atomic E-state index is 0.257. The van der Waals surface area contributed by atoms with Crippen molar-refractivity contribution in [1.82, 2.24) is 0 Å². The lowest BCUT2D eigenvalue weighted by molar-refractivity contribution is 0.0601. The summed E-state index contributed by atoms with van der Waals surface area (Å²) in [7, 11) is 1.36. The van der Waals surface area contributed by atoms with Crippen molar-refractivity contribution in [2.75, 3.05) is 30.8 Å². The van der Waals surface area contributed by atoms with Crippen LogP contribution in [0.4, 0.5) is 11.4 Å². The zero-order valence-corrected chi connectivity index (χ0v) is 10.4. The van der Waals surface area contributed by atoms with E-state index in [9.17, 15) is 9.90 Å². The van der Waals surface area contributed by atoms with Gasteiger partial charge in [0, 0.05) is 13.1 Å². The molecule has 0 amide bonds. The maximum absolute atomic E-state index is 11.7. The normalized spacial score (nSPS) is 16.7. The van der Waals surface area contributed by atoms with Crippen LogP contribution in [0.1, 0.15) is 23.2 Å². The van der Waals surface area contributed by atoms with Gasteiger partial charge in [-0.3, -0.25) is 0 Å². The fourth-order valence-corrected chi connectivity index (χ4v) is 2.28. The van der Waals surface area contributed by atoms with E-state index in [-0.39, 0.29) is 12.1 Å². The molecule has 98 valence electrons. The van der Waals surface area contributed by atoms with Gasteiger partial charge in [-0.15, -0.1) is 0 Å². The number of methoxy groups -OCH3 is 1. The van der Waals surface area contributed by atoms with E-state index in [0.29, 0.717) is 37.2 Å². The smallest absolute Gasteiger partial charge is 0.340 e. The van der Waals surface area contributed by atoms with E-state index in [4.69, 9.17) is 10.5 Å². The number of nitrogen functional groups attached to an aromatic ring is 1. The van der Waals surface area contributed by atoms with Gasteiger partial charge in [-0.25, -0.2) is 4.79 Å². The highest BCUT2D eigenvalue weighted by Gasteiger charge is 2.23. The topological polar surface area (TPSA) is 75.8 Å². The fourth-order valence-electron chi connectivity index (χ4n) is 2.28. The third-order valence-corrected chi connectivity index (χ3v) is 3.25. The van der Waals surface area contributed by atoms with Gasteiger partial charge in [0.2, 0.25) is 0 Å². The van der Waals surface area contributed by atoms with E-state index in [0.717, 1.165) is 5.69 Å². The minimum atomic E-state index is -0.386. The molecule has 1 aromatic carbocycles. The van der Waals surface area contributed by atoms with Crippen molar-refractivity contribution in [2.24, 2.45) is 0 Å². The van der Waals surface area contributed by atoms with Gasteiger partial charge in [0.25, 0.3) is 0 Å². The minimum Gasteiger partial charge on any atom is -0.465 e. The van der Waals surface area contributed by atoms with Gasteiger partial charge in [0.1, 0.15) is 0 Å². The van der Waals surface area contributed by atoms with E-state index < -0.39 is 0 Å². The number of benzene rings is 1. The van der Waals surface area contributed by atoms with Crippen molar-refractivity contribution in [3.8, 4) is 0 Å². The highest BCUT2D eigenvalue weighted by Crippen LogP contribution is 2.30. The van der Waals surface area contributed by atoms with Gasteiger partial charge in [-0.2, -0.15) is 0 Å². The summed E-state index contributed by atoms with van der Waals surface area (Å²) in [5.74, 6) is -0.386. The molecule has 5 heteroatoms. The van der Waals surface area contributed by atoms with Gasteiger partial charge in [0.15, 0.2) is 0 Å².